The lowest BCUT2D eigenvalue weighted by Crippen LogP contribution is -2.16. The molecule has 1 rings (SSSR count). The zero-order valence-corrected chi connectivity index (χ0v) is 9.13. The SMILES string of the molecule is Cc1ncncc1C(C)C(C)(C)C. The normalized spacial score (nSPS) is 14.2. The van der Waals surface area contributed by atoms with Gasteiger partial charge in [-0.05, 0) is 23.8 Å². The van der Waals surface area contributed by atoms with Gasteiger partial charge in [0.15, 0.2) is 0 Å². The summed E-state index contributed by atoms with van der Waals surface area (Å²) in [4.78, 5) is 8.27. The minimum absolute atomic E-state index is 0.273. The van der Waals surface area contributed by atoms with Gasteiger partial charge in [0, 0.05) is 11.9 Å². The second-order valence-corrected chi connectivity index (χ2v) is 4.65. The summed E-state index contributed by atoms with van der Waals surface area (Å²) >= 11 is 0. The average Bonchev–Trinajstić information content (AvgIpc) is 2.02. The second kappa shape index (κ2) is 3.44. The summed E-state index contributed by atoms with van der Waals surface area (Å²) in [5, 5.41) is 0. The van der Waals surface area contributed by atoms with Crippen molar-refractivity contribution < 1.29 is 0 Å². The molecule has 72 valence electrons. The maximum Gasteiger partial charge on any atom is 0.115 e. The van der Waals surface area contributed by atoms with Gasteiger partial charge in [-0.2, -0.15) is 0 Å². The quantitative estimate of drug-likeness (QED) is 0.660. The van der Waals surface area contributed by atoms with Crippen LogP contribution in [0.15, 0.2) is 12.5 Å². The summed E-state index contributed by atoms with van der Waals surface area (Å²) in [5.41, 5.74) is 2.63. The van der Waals surface area contributed by atoms with E-state index in [0.717, 1.165) is 5.69 Å². The van der Waals surface area contributed by atoms with E-state index < -0.39 is 0 Å². The summed E-state index contributed by atoms with van der Waals surface area (Å²) in [6.45, 7) is 11.0. The van der Waals surface area contributed by atoms with Gasteiger partial charge in [-0.3, -0.25) is 0 Å². The first-order valence-corrected chi connectivity index (χ1v) is 4.69. The molecule has 0 aliphatic heterocycles. The van der Waals surface area contributed by atoms with Crippen molar-refractivity contribution in [2.24, 2.45) is 5.41 Å². The fourth-order valence-electron chi connectivity index (χ4n) is 1.29. The predicted molar refractivity (Wildman–Crippen MR) is 54.6 cm³/mol. The fourth-order valence-corrected chi connectivity index (χ4v) is 1.29. The standard InChI is InChI=1S/C11H18N2/c1-8(11(3,4)5)10-6-12-7-13-9(10)2/h6-8H,1-5H3. The minimum Gasteiger partial charge on any atom is -0.245 e. The number of hydrogen-bond donors (Lipinski definition) is 0. The molecule has 0 radical (unpaired) electrons. The first-order chi connectivity index (χ1) is 5.93. The van der Waals surface area contributed by atoms with E-state index in [1.165, 1.54) is 5.56 Å². The van der Waals surface area contributed by atoms with E-state index >= 15 is 0 Å². The van der Waals surface area contributed by atoms with Gasteiger partial charge in [-0.25, -0.2) is 9.97 Å². The molecule has 0 fully saturated rings. The topological polar surface area (TPSA) is 25.8 Å². The Labute approximate surface area is 80.4 Å². The van der Waals surface area contributed by atoms with Gasteiger partial charge in [0.25, 0.3) is 0 Å². The summed E-state index contributed by atoms with van der Waals surface area (Å²) in [5.74, 6) is 0.494. The molecule has 1 heterocycles. The van der Waals surface area contributed by atoms with Gasteiger partial charge >= 0.3 is 0 Å². The molecule has 0 saturated heterocycles. The third kappa shape index (κ3) is 2.27. The van der Waals surface area contributed by atoms with E-state index in [1.54, 1.807) is 6.33 Å². The van der Waals surface area contributed by atoms with Crippen molar-refractivity contribution in [2.45, 2.75) is 40.5 Å². The van der Waals surface area contributed by atoms with Crippen molar-refractivity contribution >= 4 is 0 Å². The Hall–Kier alpha value is -0.920. The highest BCUT2D eigenvalue weighted by Crippen LogP contribution is 2.34. The lowest BCUT2D eigenvalue weighted by molar-refractivity contribution is 0.337. The van der Waals surface area contributed by atoms with Gasteiger partial charge in [0.1, 0.15) is 6.33 Å². The highest BCUT2D eigenvalue weighted by molar-refractivity contribution is 5.20. The van der Waals surface area contributed by atoms with Crippen LogP contribution < -0.4 is 0 Å². The molecule has 2 nitrogen and oxygen atoms in total. The Morgan fingerprint density at radius 1 is 1.31 bits per heavy atom. The van der Waals surface area contributed by atoms with E-state index in [0.29, 0.717) is 5.92 Å². The van der Waals surface area contributed by atoms with Crippen LogP contribution in [0.3, 0.4) is 0 Å². The number of nitrogens with zero attached hydrogens (tertiary/aromatic N) is 2. The molecule has 2 heteroatoms. The highest BCUT2D eigenvalue weighted by atomic mass is 14.8. The fraction of sp³-hybridized carbons (Fsp3) is 0.636. The van der Waals surface area contributed by atoms with Crippen molar-refractivity contribution in [3.8, 4) is 0 Å². The zero-order chi connectivity index (χ0) is 10.1. The third-order valence-electron chi connectivity index (χ3n) is 2.71. The van der Waals surface area contributed by atoms with Crippen molar-refractivity contribution in [1.29, 1.82) is 0 Å². The molecule has 0 aromatic carbocycles. The monoisotopic (exact) mass is 178 g/mol. The van der Waals surface area contributed by atoms with Gasteiger partial charge in [-0.15, -0.1) is 0 Å². The van der Waals surface area contributed by atoms with Crippen LogP contribution in [0.4, 0.5) is 0 Å². The molecule has 0 aliphatic rings. The highest BCUT2D eigenvalue weighted by Gasteiger charge is 2.23. The summed E-state index contributed by atoms with van der Waals surface area (Å²) in [6.07, 6.45) is 3.53. The van der Waals surface area contributed by atoms with Gasteiger partial charge in [-0.1, -0.05) is 27.7 Å². The Balaban J connectivity index is 3.02. The van der Waals surface area contributed by atoms with Crippen molar-refractivity contribution in [2.75, 3.05) is 0 Å². The minimum atomic E-state index is 0.273. The molecule has 1 aromatic heterocycles. The number of aryl methyl sites for hydroxylation is 1. The molecule has 0 amide bonds. The van der Waals surface area contributed by atoms with Crippen LogP contribution in [0.2, 0.25) is 0 Å². The maximum absolute atomic E-state index is 4.20. The molecule has 13 heavy (non-hydrogen) atoms. The van der Waals surface area contributed by atoms with Crippen LogP contribution in [0.25, 0.3) is 0 Å². The van der Waals surface area contributed by atoms with Crippen LogP contribution in [-0.4, -0.2) is 9.97 Å². The number of hydrogen-bond acceptors (Lipinski definition) is 2. The lowest BCUT2D eigenvalue weighted by atomic mass is 9.78. The first kappa shape index (κ1) is 10.2. The van der Waals surface area contributed by atoms with Crippen LogP contribution >= 0.6 is 0 Å². The largest absolute Gasteiger partial charge is 0.245 e. The van der Waals surface area contributed by atoms with Gasteiger partial charge < -0.3 is 0 Å². The Kier molecular flexibility index (Phi) is 2.69. The maximum atomic E-state index is 4.20. The molecule has 0 aliphatic carbocycles. The predicted octanol–water partition coefficient (Wildman–Crippen LogP) is 2.93. The second-order valence-electron chi connectivity index (χ2n) is 4.65. The van der Waals surface area contributed by atoms with E-state index in [1.807, 2.05) is 13.1 Å². The van der Waals surface area contributed by atoms with Crippen molar-refractivity contribution in [1.82, 2.24) is 9.97 Å². The van der Waals surface area contributed by atoms with E-state index in [2.05, 4.69) is 37.7 Å². The molecule has 0 saturated carbocycles. The van der Waals surface area contributed by atoms with Crippen LogP contribution in [0.1, 0.15) is 44.9 Å². The Bertz CT molecular complexity index is 286. The van der Waals surface area contributed by atoms with Crippen LogP contribution in [0, 0.1) is 12.3 Å². The molecule has 1 unspecified atom stereocenters. The molecule has 0 N–H and O–H groups in total. The van der Waals surface area contributed by atoms with Crippen LogP contribution in [-0.2, 0) is 0 Å². The molecule has 1 atom stereocenters. The molecule has 0 bridgehead atoms. The van der Waals surface area contributed by atoms with Crippen LogP contribution in [0.5, 0.6) is 0 Å². The zero-order valence-electron chi connectivity index (χ0n) is 9.13. The Morgan fingerprint density at radius 2 is 1.92 bits per heavy atom. The number of aromatic nitrogens is 2. The Morgan fingerprint density at radius 3 is 2.38 bits per heavy atom. The molecule has 0 spiro atoms. The van der Waals surface area contributed by atoms with Gasteiger partial charge in [0.05, 0.1) is 0 Å². The molecular formula is C11H18N2. The van der Waals surface area contributed by atoms with Gasteiger partial charge in [0.2, 0.25) is 0 Å². The summed E-state index contributed by atoms with van der Waals surface area (Å²) in [7, 11) is 0. The summed E-state index contributed by atoms with van der Waals surface area (Å²) < 4.78 is 0. The molecule has 1 aromatic rings. The van der Waals surface area contributed by atoms with Crippen molar-refractivity contribution in [3.05, 3.63) is 23.8 Å². The van der Waals surface area contributed by atoms with E-state index in [9.17, 15) is 0 Å². The summed E-state index contributed by atoms with van der Waals surface area (Å²) in [6, 6.07) is 0. The van der Waals surface area contributed by atoms with E-state index in [-0.39, 0.29) is 5.41 Å². The number of rotatable bonds is 1. The van der Waals surface area contributed by atoms with E-state index in [4.69, 9.17) is 0 Å². The lowest BCUT2D eigenvalue weighted by Gasteiger charge is -2.27. The first-order valence-electron chi connectivity index (χ1n) is 4.69. The third-order valence-corrected chi connectivity index (χ3v) is 2.71. The average molecular weight is 178 g/mol. The van der Waals surface area contributed by atoms with Crippen molar-refractivity contribution in [3.63, 3.8) is 0 Å². The molecular weight excluding hydrogens is 160 g/mol. The smallest absolute Gasteiger partial charge is 0.115 e.